The van der Waals surface area contributed by atoms with Crippen LogP contribution in [-0.2, 0) is 0 Å². The van der Waals surface area contributed by atoms with Gasteiger partial charge in [0.1, 0.15) is 0 Å². The summed E-state index contributed by atoms with van der Waals surface area (Å²) in [5.74, 6) is 0. The van der Waals surface area contributed by atoms with Crippen LogP contribution in [0.4, 0.5) is 0 Å². The quantitative estimate of drug-likeness (QED) is 0.886. The van der Waals surface area contributed by atoms with Gasteiger partial charge in [-0.3, -0.25) is 4.90 Å². The van der Waals surface area contributed by atoms with Crippen molar-refractivity contribution in [3.63, 3.8) is 0 Å². The number of hydrogen-bond donors (Lipinski definition) is 1. The number of hydrogen-bond acceptors (Lipinski definition) is 3. The van der Waals surface area contributed by atoms with Crippen LogP contribution in [0.1, 0.15) is 37.3 Å². The van der Waals surface area contributed by atoms with E-state index in [9.17, 15) is 0 Å². The van der Waals surface area contributed by atoms with Gasteiger partial charge in [-0.25, -0.2) is 0 Å². The van der Waals surface area contributed by atoms with Gasteiger partial charge >= 0.3 is 0 Å². The lowest BCUT2D eigenvalue weighted by Crippen LogP contribution is -2.48. The van der Waals surface area contributed by atoms with Crippen molar-refractivity contribution in [2.75, 3.05) is 26.2 Å². The molecule has 1 fully saturated rings. The topological polar surface area (TPSA) is 15.3 Å². The number of rotatable bonds is 2. The Kier molecular flexibility index (Phi) is 4.52. The van der Waals surface area contributed by atoms with Gasteiger partial charge in [-0.15, -0.1) is 11.3 Å². The SMILES string of the molecule is Cc1cc([C@H](N2CCNCC2)C(C)(C)C)sc1Br. The molecule has 2 rings (SSSR count). The average Bonchev–Trinajstić information content (AvgIpc) is 2.58. The summed E-state index contributed by atoms with van der Waals surface area (Å²) in [6, 6.07) is 2.88. The van der Waals surface area contributed by atoms with Crippen molar-refractivity contribution in [2.45, 2.75) is 33.7 Å². The van der Waals surface area contributed by atoms with Gasteiger partial charge in [0.25, 0.3) is 0 Å². The molecule has 18 heavy (non-hydrogen) atoms. The van der Waals surface area contributed by atoms with Crippen molar-refractivity contribution in [1.82, 2.24) is 10.2 Å². The van der Waals surface area contributed by atoms with E-state index in [-0.39, 0.29) is 5.41 Å². The molecule has 102 valence electrons. The van der Waals surface area contributed by atoms with Crippen molar-refractivity contribution in [2.24, 2.45) is 5.41 Å². The standard InChI is InChI=1S/C14H23BrN2S/c1-10-9-11(18-13(10)15)12(14(2,3)4)17-7-5-16-6-8-17/h9,12,16H,5-8H2,1-4H3/t12-/m0/s1. The molecule has 2 nitrogen and oxygen atoms in total. The fourth-order valence-corrected chi connectivity index (χ4v) is 4.67. The van der Waals surface area contributed by atoms with Gasteiger partial charge < -0.3 is 5.32 Å². The molecular formula is C14H23BrN2S. The Labute approximate surface area is 123 Å². The molecule has 0 radical (unpaired) electrons. The van der Waals surface area contributed by atoms with Crippen molar-refractivity contribution < 1.29 is 0 Å². The molecule has 1 aromatic heterocycles. The second kappa shape index (κ2) is 5.61. The zero-order valence-corrected chi connectivity index (χ0v) is 14.1. The van der Waals surface area contributed by atoms with Crippen LogP contribution >= 0.6 is 27.3 Å². The minimum absolute atomic E-state index is 0.272. The number of thiophene rings is 1. The van der Waals surface area contributed by atoms with Crippen molar-refractivity contribution >= 4 is 27.3 Å². The summed E-state index contributed by atoms with van der Waals surface area (Å²) < 4.78 is 1.28. The Morgan fingerprint density at radius 1 is 1.33 bits per heavy atom. The van der Waals surface area contributed by atoms with Gasteiger partial charge in [0.15, 0.2) is 0 Å². The summed E-state index contributed by atoms with van der Waals surface area (Å²) in [6.07, 6.45) is 0. The monoisotopic (exact) mass is 330 g/mol. The lowest BCUT2D eigenvalue weighted by Gasteiger charge is -2.41. The molecule has 0 amide bonds. The zero-order chi connectivity index (χ0) is 13.3. The number of nitrogens with zero attached hydrogens (tertiary/aromatic N) is 1. The second-order valence-corrected chi connectivity index (χ2v) is 8.56. The third kappa shape index (κ3) is 3.16. The van der Waals surface area contributed by atoms with Crippen LogP contribution in [0.25, 0.3) is 0 Å². The summed E-state index contributed by atoms with van der Waals surface area (Å²) in [5, 5.41) is 3.44. The summed E-state index contributed by atoms with van der Waals surface area (Å²) in [4.78, 5) is 4.13. The molecule has 0 saturated carbocycles. The molecule has 1 N–H and O–H groups in total. The van der Waals surface area contributed by atoms with Crippen LogP contribution in [0.3, 0.4) is 0 Å². The fraction of sp³-hybridized carbons (Fsp3) is 0.714. The lowest BCUT2D eigenvalue weighted by molar-refractivity contribution is 0.0888. The maximum absolute atomic E-state index is 3.66. The van der Waals surface area contributed by atoms with E-state index in [1.165, 1.54) is 14.2 Å². The highest BCUT2D eigenvalue weighted by molar-refractivity contribution is 9.11. The van der Waals surface area contributed by atoms with Crippen LogP contribution in [0.5, 0.6) is 0 Å². The van der Waals surface area contributed by atoms with Crippen molar-refractivity contribution in [1.29, 1.82) is 0 Å². The molecule has 0 spiro atoms. The Balaban J connectivity index is 2.30. The Morgan fingerprint density at radius 3 is 2.39 bits per heavy atom. The molecule has 1 aliphatic rings. The van der Waals surface area contributed by atoms with E-state index < -0.39 is 0 Å². The second-order valence-electron chi connectivity index (χ2n) is 6.16. The predicted molar refractivity (Wildman–Crippen MR) is 83.4 cm³/mol. The van der Waals surface area contributed by atoms with Gasteiger partial charge in [0.05, 0.1) is 3.79 Å². The Morgan fingerprint density at radius 2 is 1.94 bits per heavy atom. The molecule has 1 atom stereocenters. The van der Waals surface area contributed by atoms with Crippen LogP contribution in [-0.4, -0.2) is 31.1 Å². The van der Waals surface area contributed by atoms with Gasteiger partial charge in [-0.1, -0.05) is 20.8 Å². The molecule has 4 heteroatoms. The molecule has 0 aromatic carbocycles. The number of piperazine rings is 1. The van der Waals surface area contributed by atoms with E-state index in [0.29, 0.717) is 6.04 Å². The fourth-order valence-electron chi connectivity index (χ4n) is 2.71. The van der Waals surface area contributed by atoms with Crippen molar-refractivity contribution in [3.8, 4) is 0 Å². The van der Waals surface area contributed by atoms with E-state index in [1.54, 1.807) is 0 Å². The smallest absolute Gasteiger partial charge is 0.0731 e. The molecular weight excluding hydrogens is 308 g/mol. The van der Waals surface area contributed by atoms with Crippen LogP contribution in [0.2, 0.25) is 0 Å². The highest BCUT2D eigenvalue weighted by Crippen LogP contribution is 2.43. The van der Waals surface area contributed by atoms with Crippen LogP contribution < -0.4 is 5.32 Å². The van der Waals surface area contributed by atoms with Gasteiger partial charge in [-0.2, -0.15) is 0 Å². The van der Waals surface area contributed by atoms with E-state index in [0.717, 1.165) is 26.2 Å². The first-order valence-electron chi connectivity index (χ1n) is 6.60. The Bertz CT molecular complexity index is 383. The third-order valence-corrected chi connectivity index (χ3v) is 5.67. The normalized spacial score (nSPS) is 20.1. The highest BCUT2D eigenvalue weighted by Gasteiger charge is 2.33. The van der Waals surface area contributed by atoms with Crippen LogP contribution in [0, 0.1) is 12.3 Å². The largest absolute Gasteiger partial charge is 0.314 e. The Hall–Kier alpha value is 0.100. The highest BCUT2D eigenvalue weighted by atomic mass is 79.9. The van der Waals surface area contributed by atoms with Crippen molar-refractivity contribution in [3.05, 3.63) is 20.3 Å². The average molecular weight is 331 g/mol. The zero-order valence-electron chi connectivity index (χ0n) is 11.7. The lowest BCUT2D eigenvalue weighted by atomic mass is 9.84. The molecule has 0 aliphatic carbocycles. The number of halogens is 1. The predicted octanol–water partition coefficient (Wildman–Crippen LogP) is 3.81. The first-order chi connectivity index (χ1) is 8.39. The molecule has 0 unspecified atom stereocenters. The van der Waals surface area contributed by atoms with Gasteiger partial charge in [-0.05, 0) is 39.9 Å². The third-order valence-electron chi connectivity index (χ3n) is 3.48. The minimum Gasteiger partial charge on any atom is -0.314 e. The molecule has 1 saturated heterocycles. The molecule has 1 aromatic rings. The van der Waals surface area contributed by atoms with E-state index >= 15 is 0 Å². The number of nitrogens with one attached hydrogen (secondary N) is 1. The molecule has 2 heterocycles. The number of aryl methyl sites for hydroxylation is 1. The maximum atomic E-state index is 3.66. The minimum atomic E-state index is 0.272. The molecule has 0 bridgehead atoms. The summed E-state index contributed by atoms with van der Waals surface area (Å²) in [7, 11) is 0. The summed E-state index contributed by atoms with van der Waals surface area (Å²) in [5.41, 5.74) is 1.63. The van der Waals surface area contributed by atoms with Gasteiger partial charge in [0.2, 0.25) is 0 Å². The van der Waals surface area contributed by atoms with E-state index in [2.05, 4.69) is 59.9 Å². The first-order valence-corrected chi connectivity index (χ1v) is 8.21. The molecule has 1 aliphatic heterocycles. The van der Waals surface area contributed by atoms with Gasteiger partial charge in [0, 0.05) is 37.1 Å². The van der Waals surface area contributed by atoms with Crippen LogP contribution in [0.15, 0.2) is 9.85 Å². The summed E-state index contributed by atoms with van der Waals surface area (Å²) >= 11 is 5.56. The van der Waals surface area contributed by atoms with E-state index in [1.807, 2.05) is 11.3 Å². The van der Waals surface area contributed by atoms with E-state index in [4.69, 9.17) is 0 Å². The first kappa shape index (κ1) is 14.5. The summed E-state index contributed by atoms with van der Waals surface area (Å²) in [6.45, 7) is 13.7. The maximum Gasteiger partial charge on any atom is 0.0731 e.